The van der Waals surface area contributed by atoms with E-state index >= 15 is 0 Å². The van der Waals surface area contributed by atoms with Crippen LogP contribution in [0.2, 0.25) is 0 Å². The van der Waals surface area contributed by atoms with E-state index in [-0.39, 0.29) is 18.2 Å². The minimum Gasteiger partial charge on any atom is -0.497 e. The molecule has 1 aromatic heterocycles. The monoisotopic (exact) mass is 359 g/mol. The van der Waals surface area contributed by atoms with E-state index in [1.165, 1.54) is 6.42 Å². The molecular formula is C19H25N3O4. The minimum atomic E-state index is -0.490. The van der Waals surface area contributed by atoms with Crippen molar-refractivity contribution in [2.24, 2.45) is 0 Å². The van der Waals surface area contributed by atoms with Crippen LogP contribution < -0.4 is 10.1 Å². The number of nitrogens with zero attached hydrogens (tertiary/aromatic N) is 1. The summed E-state index contributed by atoms with van der Waals surface area (Å²) in [6.07, 6.45) is 3.45. The molecule has 1 aliphatic heterocycles. The van der Waals surface area contributed by atoms with Gasteiger partial charge in [0.2, 0.25) is 5.91 Å². The van der Waals surface area contributed by atoms with Crippen molar-refractivity contribution in [3.8, 4) is 5.75 Å². The second-order valence-electron chi connectivity index (χ2n) is 6.39. The summed E-state index contributed by atoms with van der Waals surface area (Å²) in [5, 5.41) is 3.62. The maximum atomic E-state index is 12.6. The van der Waals surface area contributed by atoms with Crippen LogP contribution in [-0.2, 0) is 9.53 Å². The highest BCUT2D eigenvalue weighted by Gasteiger charge is 2.22. The highest BCUT2D eigenvalue weighted by molar-refractivity contribution is 6.11. The third-order valence-electron chi connectivity index (χ3n) is 4.57. The highest BCUT2D eigenvalue weighted by Crippen LogP contribution is 2.31. The number of aromatic amines is 1. The van der Waals surface area contributed by atoms with Crippen LogP contribution in [0, 0.1) is 0 Å². The molecule has 1 fully saturated rings. The summed E-state index contributed by atoms with van der Waals surface area (Å²) >= 11 is 0. The van der Waals surface area contributed by atoms with Gasteiger partial charge in [0.25, 0.3) is 0 Å². The number of amides is 1. The van der Waals surface area contributed by atoms with Gasteiger partial charge in [-0.05, 0) is 51.1 Å². The summed E-state index contributed by atoms with van der Waals surface area (Å²) in [6, 6.07) is 5.41. The molecule has 140 valence electrons. The number of piperidine rings is 1. The molecular weight excluding hydrogens is 334 g/mol. The molecule has 0 atom stereocenters. The van der Waals surface area contributed by atoms with Crippen LogP contribution in [0.3, 0.4) is 0 Å². The van der Waals surface area contributed by atoms with Gasteiger partial charge in [0.05, 0.1) is 25.9 Å². The number of methoxy groups -OCH3 is 1. The number of ether oxygens (including phenoxy) is 2. The molecule has 2 N–H and O–H groups in total. The van der Waals surface area contributed by atoms with E-state index in [0.29, 0.717) is 18.0 Å². The molecule has 3 rings (SSSR count). The Morgan fingerprint density at radius 2 is 2.00 bits per heavy atom. The van der Waals surface area contributed by atoms with E-state index in [0.717, 1.165) is 36.8 Å². The van der Waals surface area contributed by atoms with Crippen molar-refractivity contribution in [2.45, 2.75) is 26.2 Å². The molecule has 7 nitrogen and oxygen atoms in total. The van der Waals surface area contributed by atoms with Gasteiger partial charge in [-0.3, -0.25) is 9.69 Å². The zero-order valence-electron chi connectivity index (χ0n) is 15.3. The van der Waals surface area contributed by atoms with Gasteiger partial charge in [-0.15, -0.1) is 0 Å². The number of esters is 1. The standard InChI is InChI=1S/C19H25N3O4/c1-3-26-19(24)18-17(14-11-13(25-2)7-8-15(14)20-18)21-16(23)12-22-9-5-4-6-10-22/h7-8,11,20H,3-6,9-10,12H2,1-2H3,(H,21,23). The van der Waals surface area contributed by atoms with Crippen molar-refractivity contribution in [3.05, 3.63) is 23.9 Å². The Kier molecular flexibility index (Phi) is 5.78. The summed E-state index contributed by atoms with van der Waals surface area (Å²) in [4.78, 5) is 30.1. The maximum Gasteiger partial charge on any atom is 0.356 e. The van der Waals surface area contributed by atoms with Crippen molar-refractivity contribution < 1.29 is 19.1 Å². The Morgan fingerprint density at radius 1 is 1.23 bits per heavy atom. The molecule has 1 aliphatic rings. The number of carbonyl (C=O) groups is 2. The zero-order valence-corrected chi connectivity index (χ0v) is 15.3. The molecule has 2 aromatic rings. The van der Waals surface area contributed by atoms with Crippen molar-refractivity contribution in [1.82, 2.24) is 9.88 Å². The number of rotatable bonds is 6. The maximum absolute atomic E-state index is 12.6. The molecule has 1 aromatic carbocycles. The molecule has 0 bridgehead atoms. The van der Waals surface area contributed by atoms with Gasteiger partial charge >= 0.3 is 5.97 Å². The molecule has 2 heterocycles. The molecule has 26 heavy (non-hydrogen) atoms. The Hall–Kier alpha value is -2.54. The lowest BCUT2D eigenvalue weighted by Gasteiger charge is -2.25. The van der Waals surface area contributed by atoms with E-state index in [9.17, 15) is 9.59 Å². The number of hydrogen-bond donors (Lipinski definition) is 2. The lowest BCUT2D eigenvalue weighted by Crippen LogP contribution is -2.37. The summed E-state index contributed by atoms with van der Waals surface area (Å²) in [7, 11) is 1.58. The zero-order chi connectivity index (χ0) is 18.5. The van der Waals surface area contributed by atoms with Crippen LogP contribution in [0.4, 0.5) is 5.69 Å². The van der Waals surface area contributed by atoms with Crippen molar-refractivity contribution in [2.75, 3.05) is 38.7 Å². The second kappa shape index (κ2) is 8.23. The summed E-state index contributed by atoms with van der Waals surface area (Å²) < 4.78 is 10.4. The average molecular weight is 359 g/mol. The SMILES string of the molecule is CCOC(=O)c1[nH]c2ccc(OC)cc2c1NC(=O)CN1CCCCC1. The molecule has 0 saturated carbocycles. The van der Waals surface area contributed by atoms with Crippen LogP contribution in [0.15, 0.2) is 18.2 Å². The van der Waals surface area contributed by atoms with Crippen LogP contribution in [0.5, 0.6) is 5.75 Å². The quantitative estimate of drug-likeness (QED) is 0.775. The third kappa shape index (κ3) is 3.99. The topological polar surface area (TPSA) is 83.7 Å². The van der Waals surface area contributed by atoms with E-state index in [4.69, 9.17) is 9.47 Å². The van der Waals surface area contributed by atoms with E-state index < -0.39 is 5.97 Å². The van der Waals surface area contributed by atoms with Crippen LogP contribution in [-0.4, -0.2) is 55.1 Å². The molecule has 1 saturated heterocycles. The number of H-pyrrole nitrogens is 1. The number of fused-ring (bicyclic) bond motifs is 1. The number of benzene rings is 1. The van der Waals surface area contributed by atoms with E-state index in [1.54, 1.807) is 26.2 Å². The third-order valence-corrected chi connectivity index (χ3v) is 4.57. The van der Waals surface area contributed by atoms with Crippen LogP contribution >= 0.6 is 0 Å². The number of aromatic nitrogens is 1. The second-order valence-corrected chi connectivity index (χ2v) is 6.39. The fourth-order valence-electron chi connectivity index (χ4n) is 3.28. The fraction of sp³-hybridized carbons (Fsp3) is 0.474. The van der Waals surface area contributed by atoms with Gasteiger partial charge in [-0.2, -0.15) is 0 Å². The Balaban J connectivity index is 1.88. The largest absolute Gasteiger partial charge is 0.497 e. The first-order chi connectivity index (χ1) is 12.6. The van der Waals surface area contributed by atoms with Gasteiger partial charge in [-0.1, -0.05) is 6.42 Å². The Morgan fingerprint density at radius 3 is 2.69 bits per heavy atom. The number of carbonyl (C=O) groups excluding carboxylic acids is 2. The molecule has 7 heteroatoms. The number of nitrogens with one attached hydrogen (secondary N) is 2. The van der Waals surface area contributed by atoms with Crippen molar-refractivity contribution in [1.29, 1.82) is 0 Å². The lowest BCUT2D eigenvalue weighted by molar-refractivity contribution is -0.117. The van der Waals surface area contributed by atoms with Gasteiger partial charge in [0.1, 0.15) is 11.4 Å². The van der Waals surface area contributed by atoms with E-state index in [1.807, 2.05) is 6.07 Å². The average Bonchev–Trinajstić information content (AvgIpc) is 3.00. The summed E-state index contributed by atoms with van der Waals surface area (Å²) in [5.41, 5.74) is 1.43. The van der Waals surface area contributed by atoms with Crippen LogP contribution in [0.1, 0.15) is 36.7 Å². The van der Waals surface area contributed by atoms with E-state index in [2.05, 4.69) is 15.2 Å². The predicted molar refractivity (Wildman–Crippen MR) is 99.7 cm³/mol. The first kappa shape index (κ1) is 18.3. The van der Waals surface area contributed by atoms with Gasteiger partial charge in [0.15, 0.2) is 0 Å². The van der Waals surface area contributed by atoms with Gasteiger partial charge < -0.3 is 19.8 Å². The van der Waals surface area contributed by atoms with Gasteiger partial charge in [-0.25, -0.2) is 4.79 Å². The molecule has 0 spiro atoms. The summed E-state index contributed by atoms with van der Waals surface area (Å²) in [6.45, 7) is 4.19. The summed E-state index contributed by atoms with van der Waals surface area (Å²) in [5.74, 6) is 0.0237. The van der Waals surface area contributed by atoms with Crippen molar-refractivity contribution >= 4 is 28.5 Å². The predicted octanol–water partition coefficient (Wildman–Crippen LogP) is 2.78. The molecule has 0 aliphatic carbocycles. The first-order valence-corrected chi connectivity index (χ1v) is 9.01. The Bertz CT molecular complexity index is 793. The fourth-order valence-corrected chi connectivity index (χ4v) is 3.28. The molecule has 0 radical (unpaired) electrons. The molecule has 0 unspecified atom stereocenters. The first-order valence-electron chi connectivity index (χ1n) is 9.01. The number of anilines is 1. The normalized spacial score (nSPS) is 15.0. The van der Waals surface area contributed by atoms with Crippen LogP contribution in [0.25, 0.3) is 10.9 Å². The number of likely N-dealkylation sites (tertiary alicyclic amines) is 1. The van der Waals surface area contributed by atoms with Crippen molar-refractivity contribution in [3.63, 3.8) is 0 Å². The molecule has 1 amide bonds. The highest BCUT2D eigenvalue weighted by atomic mass is 16.5. The lowest BCUT2D eigenvalue weighted by atomic mass is 10.1. The van der Waals surface area contributed by atoms with Gasteiger partial charge in [0, 0.05) is 10.9 Å². The Labute approximate surface area is 152 Å². The minimum absolute atomic E-state index is 0.138. The smallest absolute Gasteiger partial charge is 0.356 e. The number of hydrogen-bond acceptors (Lipinski definition) is 5.